The fourth-order valence-corrected chi connectivity index (χ4v) is 2.27. The van der Waals surface area contributed by atoms with Crippen molar-refractivity contribution < 1.29 is 9.53 Å². The summed E-state index contributed by atoms with van der Waals surface area (Å²) in [5, 5.41) is 0. The first-order valence-electron chi connectivity index (χ1n) is 6.60. The van der Waals surface area contributed by atoms with Gasteiger partial charge in [-0.25, -0.2) is 0 Å². The van der Waals surface area contributed by atoms with Crippen LogP contribution >= 0.6 is 0 Å². The standard InChI is InChI=1S/C17H19NO2/c1-12-6-13(2)8-15(7-12)11-20-16-5-3-4-14(9-16)10-17(18)19/h3-9H,10-11H2,1-2H3,(H2,18,19). The van der Waals surface area contributed by atoms with Crippen molar-refractivity contribution in [1.29, 1.82) is 0 Å². The van der Waals surface area contributed by atoms with Crippen LogP contribution in [0.4, 0.5) is 0 Å². The van der Waals surface area contributed by atoms with Crippen LogP contribution < -0.4 is 10.5 Å². The predicted molar refractivity (Wildman–Crippen MR) is 79.6 cm³/mol. The van der Waals surface area contributed by atoms with Crippen LogP contribution in [0.5, 0.6) is 5.75 Å². The normalized spacial score (nSPS) is 10.3. The SMILES string of the molecule is Cc1cc(C)cc(COc2cccc(CC(N)=O)c2)c1. The van der Waals surface area contributed by atoms with Crippen molar-refractivity contribution in [3.8, 4) is 5.75 Å². The minimum atomic E-state index is -0.337. The molecule has 0 atom stereocenters. The average Bonchev–Trinajstić information content (AvgIpc) is 2.35. The van der Waals surface area contributed by atoms with Gasteiger partial charge >= 0.3 is 0 Å². The van der Waals surface area contributed by atoms with E-state index in [1.807, 2.05) is 24.3 Å². The first kappa shape index (κ1) is 14.1. The predicted octanol–water partition coefficient (Wildman–Crippen LogP) is 2.91. The third kappa shape index (κ3) is 4.12. The molecule has 0 unspecified atom stereocenters. The molecular formula is C17H19NO2. The second-order valence-corrected chi connectivity index (χ2v) is 5.08. The maximum atomic E-state index is 10.9. The number of ether oxygens (including phenoxy) is 1. The van der Waals surface area contributed by atoms with Gasteiger partial charge in [-0.15, -0.1) is 0 Å². The first-order chi connectivity index (χ1) is 9.52. The Morgan fingerprint density at radius 2 is 1.75 bits per heavy atom. The lowest BCUT2D eigenvalue weighted by molar-refractivity contribution is -0.117. The molecule has 104 valence electrons. The number of carbonyl (C=O) groups excluding carboxylic acids is 1. The number of primary amides is 1. The third-order valence-electron chi connectivity index (χ3n) is 2.96. The monoisotopic (exact) mass is 269 g/mol. The van der Waals surface area contributed by atoms with Crippen LogP contribution in [-0.4, -0.2) is 5.91 Å². The zero-order chi connectivity index (χ0) is 14.5. The number of aryl methyl sites for hydroxylation is 2. The van der Waals surface area contributed by atoms with E-state index < -0.39 is 0 Å². The van der Waals surface area contributed by atoms with Gasteiger partial charge in [-0.05, 0) is 37.1 Å². The van der Waals surface area contributed by atoms with Crippen LogP contribution in [0.3, 0.4) is 0 Å². The fourth-order valence-electron chi connectivity index (χ4n) is 2.27. The molecule has 0 saturated carbocycles. The highest BCUT2D eigenvalue weighted by atomic mass is 16.5. The van der Waals surface area contributed by atoms with Gasteiger partial charge in [0.25, 0.3) is 0 Å². The molecule has 3 heteroatoms. The van der Waals surface area contributed by atoms with Crippen molar-refractivity contribution in [2.24, 2.45) is 5.73 Å². The number of hydrogen-bond acceptors (Lipinski definition) is 2. The maximum Gasteiger partial charge on any atom is 0.221 e. The Balaban J connectivity index is 2.05. The van der Waals surface area contributed by atoms with Crippen molar-refractivity contribution in [1.82, 2.24) is 0 Å². The molecule has 0 spiro atoms. The molecule has 0 aliphatic heterocycles. The van der Waals surface area contributed by atoms with Crippen LogP contribution in [0, 0.1) is 13.8 Å². The van der Waals surface area contributed by atoms with Gasteiger partial charge in [0.05, 0.1) is 6.42 Å². The first-order valence-corrected chi connectivity index (χ1v) is 6.60. The second kappa shape index (κ2) is 6.24. The summed E-state index contributed by atoms with van der Waals surface area (Å²) in [6, 6.07) is 13.8. The smallest absolute Gasteiger partial charge is 0.221 e. The highest BCUT2D eigenvalue weighted by Gasteiger charge is 2.02. The highest BCUT2D eigenvalue weighted by Crippen LogP contribution is 2.17. The van der Waals surface area contributed by atoms with E-state index >= 15 is 0 Å². The van der Waals surface area contributed by atoms with Crippen LogP contribution in [0.1, 0.15) is 22.3 Å². The van der Waals surface area contributed by atoms with Gasteiger partial charge in [0.2, 0.25) is 5.91 Å². The Hall–Kier alpha value is -2.29. The van der Waals surface area contributed by atoms with E-state index in [4.69, 9.17) is 10.5 Å². The summed E-state index contributed by atoms with van der Waals surface area (Å²) in [6.07, 6.45) is 0.237. The number of rotatable bonds is 5. The lowest BCUT2D eigenvalue weighted by Crippen LogP contribution is -2.13. The van der Waals surface area contributed by atoms with Crippen LogP contribution in [0.15, 0.2) is 42.5 Å². The van der Waals surface area contributed by atoms with Crippen LogP contribution in [0.25, 0.3) is 0 Å². The minimum Gasteiger partial charge on any atom is -0.489 e. The molecular weight excluding hydrogens is 250 g/mol. The van der Waals surface area contributed by atoms with Crippen molar-refractivity contribution >= 4 is 5.91 Å². The lowest BCUT2D eigenvalue weighted by atomic mass is 10.1. The molecule has 0 heterocycles. The summed E-state index contributed by atoms with van der Waals surface area (Å²) in [5.74, 6) is 0.416. The summed E-state index contributed by atoms with van der Waals surface area (Å²) in [5.41, 5.74) is 9.66. The van der Waals surface area contributed by atoms with E-state index in [9.17, 15) is 4.79 Å². The van der Waals surface area contributed by atoms with E-state index in [-0.39, 0.29) is 12.3 Å². The molecule has 1 amide bonds. The Bertz CT molecular complexity index is 600. The number of hydrogen-bond donors (Lipinski definition) is 1. The van der Waals surface area contributed by atoms with Gasteiger partial charge in [-0.3, -0.25) is 4.79 Å². The molecule has 2 aromatic carbocycles. The second-order valence-electron chi connectivity index (χ2n) is 5.08. The molecule has 2 rings (SSSR count). The quantitative estimate of drug-likeness (QED) is 0.907. The molecule has 0 bridgehead atoms. The molecule has 0 saturated heterocycles. The van der Waals surface area contributed by atoms with E-state index in [0.29, 0.717) is 6.61 Å². The van der Waals surface area contributed by atoms with Gasteiger partial charge in [0.15, 0.2) is 0 Å². The summed E-state index contributed by atoms with van der Waals surface area (Å²) >= 11 is 0. The van der Waals surface area contributed by atoms with E-state index in [1.165, 1.54) is 11.1 Å². The Morgan fingerprint density at radius 1 is 1.05 bits per heavy atom. The number of amides is 1. The molecule has 0 radical (unpaired) electrons. The van der Waals surface area contributed by atoms with Crippen molar-refractivity contribution in [2.75, 3.05) is 0 Å². The lowest BCUT2D eigenvalue weighted by Gasteiger charge is -2.09. The largest absolute Gasteiger partial charge is 0.489 e. The zero-order valence-corrected chi connectivity index (χ0v) is 11.8. The number of benzene rings is 2. The molecule has 0 aromatic heterocycles. The Kier molecular flexibility index (Phi) is 4.41. The molecule has 0 aliphatic carbocycles. The highest BCUT2D eigenvalue weighted by molar-refractivity contribution is 5.76. The molecule has 2 N–H and O–H groups in total. The van der Waals surface area contributed by atoms with Crippen molar-refractivity contribution in [2.45, 2.75) is 26.9 Å². The Labute approximate surface area is 119 Å². The molecule has 2 aromatic rings. The minimum absolute atomic E-state index is 0.237. The third-order valence-corrected chi connectivity index (χ3v) is 2.96. The van der Waals surface area contributed by atoms with E-state index in [0.717, 1.165) is 16.9 Å². The van der Waals surface area contributed by atoms with Crippen LogP contribution in [-0.2, 0) is 17.8 Å². The maximum absolute atomic E-state index is 10.9. The van der Waals surface area contributed by atoms with Gasteiger partial charge in [0, 0.05) is 0 Å². The summed E-state index contributed by atoms with van der Waals surface area (Å²) in [7, 11) is 0. The van der Waals surface area contributed by atoms with Crippen molar-refractivity contribution in [3.63, 3.8) is 0 Å². The Morgan fingerprint density at radius 3 is 2.40 bits per heavy atom. The number of nitrogens with two attached hydrogens (primary N) is 1. The molecule has 0 fully saturated rings. The summed E-state index contributed by atoms with van der Waals surface area (Å²) < 4.78 is 5.77. The van der Waals surface area contributed by atoms with Crippen LogP contribution in [0.2, 0.25) is 0 Å². The molecule has 0 aliphatic rings. The fraction of sp³-hybridized carbons (Fsp3) is 0.235. The zero-order valence-electron chi connectivity index (χ0n) is 11.8. The van der Waals surface area contributed by atoms with Gasteiger partial charge in [0.1, 0.15) is 12.4 Å². The summed E-state index contributed by atoms with van der Waals surface area (Å²) in [6.45, 7) is 4.66. The van der Waals surface area contributed by atoms with E-state index in [2.05, 4.69) is 32.0 Å². The van der Waals surface area contributed by atoms with Gasteiger partial charge in [-0.1, -0.05) is 41.5 Å². The molecule has 20 heavy (non-hydrogen) atoms. The van der Waals surface area contributed by atoms with Crippen molar-refractivity contribution in [3.05, 3.63) is 64.7 Å². The average molecular weight is 269 g/mol. The number of carbonyl (C=O) groups is 1. The molecule has 3 nitrogen and oxygen atoms in total. The summed E-state index contributed by atoms with van der Waals surface area (Å²) in [4.78, 5) is 10.9. The van der Waals surface area contributed by atoms with Gasteiger partial charge < -0.3 is 10.5 Å². The van der Waals surface area contributed by atoms with E-state index in [1.54, 1.807) is 0 Å². The topological polar surface area (TPSA) is 52.3 Å². The van der Waals surface area contributed by atoms with Gasteiger partial charge in [-0.2, -0.15) is 0 Å².